The number of methoxy groups -OCH3 is 1. The van der Waals surface area contributed by atoms with E-state index in [0.29, 0.717) is 26.2 Å². The normalized spacial score (nSPS) is 18.5. The van der Waals surface area contributed by atoms with Gasteiger partial charge in [-0.15, -0.1) is 0 Å². The van der Waals surface area contributed by atoms with E-state index in [-0.39, 0.29) is 17.7 Å². The van der Waals surface area contributed by atoms with Crippen LogP contribution in [0, 0.1) is 0 Å². The van der Waals surface area contributed by atoms with Crippen molar-refractivity contribution >= 4 is 15.7 Å². The van der Waals surface area contributed by atoms with Crippen LogP contribution in [-0.4, -0.2) is 62.5 Å². The van der Waals surface area contributed by atoms with Gasteiger partial charge in [0.1, 0.15) is 0 Å². The zero-order valence-electron chi connectivity index (χ0n) is 13.1. The summed E-state index contributed by atoms with van der Waals surface area (Å²) in [6.07, 6.45) is 0.251. The van der Waals surface area contributed by atoms with Crippen molar-refractivity contribution in [2.24, 2.45) is 0 Å². The Morgan fingerprint density at radius 1 is 1.30 bits per heavy atom. The highest BCUT2D eigenvalue weighted by Crippen LogP contribution is 2.35. The highest BCUT2D eigenvalue weighted by Gasteiger charge is 2.52. The molecular formula is C15H22N2O5S. The van der Waals surface area contributed by atoms with Gasteiger partial charge in [0.05, 0.1) is 11.5 Å². The Labute approximate surface area is 136 Å². The fraction of sp³-hybridized carbons (Fsp3) is 0.533. The molecule has 128 valence electrons. The fourth-order valence-electron chi connectivity index (χ4n) is 2.90. The summed E-state index contributed by atoms with van der Waals surface area (Å²) in [5.41, 5.74) is 1.55. The van der Waals surface area contributed by atoms with Crippen LogP contribution in [0.3, 0.4) is 0 Å². The van der Waals surface area contributed by atoms with Crippen LogP contribution in [0.1, 0.15) is 12.8 Å². The lowest BCUT2D eigenvalue weighted by Gasteiger charge is -2.39. The van der Waals surface area contributed by atoms with E-state index in [4.69, 9.17) is 9.94 Å². The van der Waals surface area contributed by atoms with E-state index in [9.17, 15) is 13.2 Å². The molecule has 1 aliphatic rings. The number of piperidine rings is 1. The molecule has 8 heteroatoms. The molecule has 0 aliphatic carbocycles. The van der Waals surface area contributed by atoms with Crippen molar-refractivity contribution in [1.82, 2.24) is 10.4 Å². The number of likely N-dealkylation sites (tertiary alicyclic amines) is 1. The van der Waals surface area contributed by atoms with Gasteiger partial charge in [0.2, 0.25) is 0 Å². The predicted molar refractivity (Wildman–Crippen MR) is 83.8 cm³/mol. The average Bonchev–Trinajstić information content (AvgIpc) is 2.60. The van der Waals surface area contributed by atoms with E-state index in [2.05, 4.69) is 0 Å². The number of carbonyl (C=O) groups excluding carboxylic acids is 1. The van der Waals surface area contributed by atoms with Gasteiger partial charge in [0.25, 0.3) is 5.91 Å². The van der Waals surface area contributed by atoms with E-state index in [1.165, 1.54) is 12.1 Å². The number of hydrogen-bond donors (Lipinski definition) is 2. The smallest absolute Gasteiger partial charge is 0.265 e. The predicted octanol–water partition coefficient (Wildman–Crippen LogP) is 0.447. The SMILES string of the molecule is COCCN1CCC(C(=O)NO)(S(=O)(=O)c2ccccc2)CC1. The fourth-order valence-corrected chi connectivity index (χ4v) is 4.88. The maximum Gasteiger partial charge on any atom is 0.265 e. The zero-order chi connectivity index (χ0) is 16.9. The van der Waals surface area contributed by atoms with Crippen molar-refractivity contribution in [3.63, 3.8) is 0 Å². The van der Waals surface area contributed by atoms with Gasteiger partial charge in [-0.1, -0.05) is 18.2 Å². The third kappa shape index (κ3) is 3.40. The number of nitrogens with zero attached hydrogens (tertiary/aromatic N) is 1. The molecule has 1 aliphatic heterocycles. The molecule has 0 aromatic heterocycles. The molecule has 1 fully saturated rings. The van der Waals surface area contributed by atoms with Gasteiger partial charge in [-0.05, 0) is 25.0 Å². The van der Waals surface area contributed by atoms with Crippen LogP contribution in [0.25, 0.3) is 0 Å². The van der Waals surface area contributed by atoms with Gasteiger partial charge >= 0.3 is 0 Å². The lowest BCUT2D eigenvalue weighted by molar-refractivity contribution is -0.133. The Bertz CT molecular complexity index is 625. The van der Waals surface area contributed by atoms with Gasteiger partial charge < -0.3 is 9.64 Å². The molecular weight excluding hydrogens is 320 g/mol. The molecule has 1 amide bonds. The second-order valence-corrected chi connectivity index (χ2v) is 7.85. The molecule has 0 saturated carbocycles. The summed E-state index contributed by atoms with van der Waals surface area (Å²) in [5, 5.41) is 9.07. The van der Waals surface area contributed by atoms with Gasteiger partial charge in [0.15, 0.2) is 14.6 Å². The summed E-state index contributed by atoms with van der Waals surface area (Å²) in [6.45, 7) is 2.12. The molecule has 2 rings (SSSR count). The summed E-state index contributed by atoms with van der Waals surface area (Å²) in [5.74, 6) is -0.868. The highest BCUT2D eigenvalue weighted by atomic mass is 32.2. The largest absolute Gasteiger partial charge is 0.383 e. The Hall–Kier alpha value is -1.48. The minimum Gasteiger partial charge on any atom is -0.383 e. The molecule has 0 spiro atoms. The van der Waals surface area contributed by atoms with Crippen molar-refractivity contribution in [1.29, 1.82) is 0 Å². The van der Waals surface area contributed by atoms with Crippen LogP contribution in [-0.2, 0) is 19.4 Å². The zero-order valence-corrected chi connectivity index (χ0v) is 13.9. The number of benzene rings is 1. The third-order valence-corrected chi connectivity index (χ3v) is 6.87. The second-order valence-electron chi connectivity index (χ2n) is 5.59. The Morgan fingerprint density at radius 2 is 1.91 bits per heavy atom. The summed E-state index contributed by atoms with van der Waals surface area (Å²) in [7, 11) is -2.30. The summed E-state index contributed by atoms with van der Waals surface area (Å²) >= 11 is 0. The number of amides is 1. The molecule has 2 N–H and O–H groups in total. The topological polar surface area (TPSA) is 95.9 Å². The van der Waals surface area contributed by atoms with Crippen LogP contribution in [0.5, 0.6) is 0 Å². The van der Waals surface area contributed by atoms with Crippen molar-refractivity contribution in [3.8, 4) is 0 Å². The van der Waals surface area contributed by atoms with Gasteiger partial charge in [0, 0.05) is 26.7 Å². The minimum absolute atomic E-state index is 0.0916. The number of hydroxylamine groups is 1. The maximum absolute atomic E-state index is 13.0. The van der Waals surface area contributed by atoms with Crippen molar-refractivity contribution in [3.05, 3.63) is 30.3 Å². The number of carbonyl (C=O) groups is 1. The molecule has 0 radical (unpaired) electrons. The highest BCUT2D eigenvalue weighted by molar-refractivity contribution is 7.93. The van der Waals surface area contributed by atoms with Crippen molar-refractivity contribution in [2.45, 2.75) is 22.5 Å². The molecule has 0 atom stereocenters. The maximum atomic E-state index is 13.0. The van der Waals surface area contributed by atoms with Crippen LogP contribution < -0.4 is 5.48 Å². The van der Waals surface area contributed by atoms with Crippen molar-refractivity contribution < 1.29 is 23.2 Å². The minimum atomic E-state index is -3.91. The number of ether oxygens (including phenoxy) is 1. The molecule has 0 bridgehead atoms. The molecule has 1 aromatic rings. The molecule has 23 heavy (non-hydrogen) atoms. The van der Waals surface area contributed by atoms with Crippen LogP contribution >= 0.6 is 0 Å². The molecule has 0 unspecified atom stereocenters. The Balaban J connectivity index is 2.30. The van der Waals surface area contributed by atoms with E-state index in [1.54, 1.807) is 30.8 Å². The van der Waals surface area contributed by atoms with E-state index in [1.807, 2.05) is 4.90 Å². The first-order valence-electron chi connectivity index (χ1n) is 7.43. The van der Waals surface area contributed by atoms with E-state index < -0.39 is 20.5 Å². The number of hydrogen-bond acceptors (Lipinski definition) is 6. The van der Waals surface area contributed by atoms with Gasteiger partial charge in [-0.3, -0.25) is 10.0 Å². The number of sulfone groups is 1. The quantitative estimate of drug-likeness (QED) is 0.575. The Kier molecular flexibility index (Phi) is 5.74. The number of nitrogens with one attached hydrogen (secondary N) is 1. The molecule has 1 heterocycles. The van der Waals surface area contributed by atoms with Crippen LogP contribution in [0.4, 0.5) is 0 Å². The van der Waals surface area contributed by atoms with Gasteiger partial charge in [-0.2, -0.15) is 0 Å². The molecule has 7 nitrogen and oxygen atoms in total. The Morgan fingerprint density at radius 3 is 2.43 bits per heavy atom. The van der Waals surface area contributed by atoms with Crippen LogP contribution in [0.2, 0.25) is 0 Å². The lowest BCUT2D eigenvalue weighted by atomic mass is 9.95. The third-order valence-electron chi connectivity index (χ3n) is 4.36. The standard InChI is InChI=1S/C15H22N2O5S/c1-22-12-11-17-9-7-15(8-10-17,14(18)16-19)23(20,21)13-5-3-2-4-6-13/h2-6,19H,7-12H2,1H3,(H,16,18). The van der Waals surface area contributed by atoms with Crippen molar-refractivity contribution in [2.75, 3.05) is 33.4 Å². The molecule has 1 saturated heterocycles. The first-order chi connectivity index (χ1) is 11.0. The second kappa shape index (κ2) is 7.39. The number of rotatable bonds is 6. The van der Waals surface area contributed by atoms with Gasteiger partial charge in [-0.25, -0.2) is 13.9 Å². The first-order valence-corrected chi connectivity index (χ1v) is 8.92. The monoisotopic (exact) mass is 342 g/mol. The lowest BCUT2D eigenvalue weighted by Crippen LogP contribution is -2.57. The summed E-state index contributed by atoms with van der Waals surface area (Å²) < 4.78 is 29.4. The van der Waals surface area contributed by atoms with Crippen LogP contribution in [0.15, 0.2) is 35.2 Å². The van der Waals surface area contributed by atoms with E-state index in [0.717, 1.165) is 0 Å². The summed E-state index contributed by atoms with van der Waals surface area (Å²) in [6, 6.07) is 7.89. The van der Waals surface area contributed by atoms with E-state index >= 15 is 0 Å². The average molecular weight is 342 g/mol. The molecule has 1 aromatic carbocycles. The first kappa shape index (κ1) is 17.9. The summed E-state index contributed by atoms with van der Waals surface area (Å²) in [4.78, 5) is 14.4.